The Morgan fingerprint density at radius 3 is 3.06 bits per heavy atom. The number of azide groups is 1. The van der Waals surface area contributed by atoms with Crippen molar-refractivity contribution in [3.05, 3.63) is 40.8 Å². The number of para-hydroxylation sites is 1. The summed E-state index contributed by atoms with van der Waals surface area (Å²) in [6.45, 7) is 0. The molecule has 7 nitrogen and oxygen atoms in total. The van der Waals surface area contributed by atoms with Crippen molar-refractivity contribution in [2.45, 2.75) is 0 Å². The number of fused-ring (bicyclic) bond motifs is 3. The summed E-state index contributed by atoms with van der Waals surface area (Å²) >= 11 is 0. The summed E-state index contributed by atoms with van der Waals surface area (Å²) in [5.41, 5.74) is 10.4. The van der Waals surface area contributed by atoms with Crippen LogP contribution in [0, 0.1) is 0 Å². The number of aromatic nitrogens is 4. The van der Waals surface area contributed by atoms with Crippen LogP contribution in [-0.2, 0) is 0 Å². The van der Waals surface area contributed by atoms with Crippen molar-refractivity contribution >= 4 is 22.2 Å². The summed E-state index contributed by atoms with van der Waals surface area (Å²) in [5.74, 6) is 0. The van der Waals surface area contributed by atoms with Gasteiger partial charge in [0, 0.05) is 10.3 Å². The van der Waals surface area contributed by atoms with Gasteiger partial charge in [-0.2, -0.15) is 4.52 Å². The third-order valence-electron chi connectivity index (χ3n) is 2.32. The van der Waals surface area contributed by atoms with Gasteiger partial charge in [0.05, 0.1) is 11.2 Å². The monoisotopic (exact) mass is 211 g/mol. The molecular weight excluding hydrogens is 206 g/mol. The van der Waals surface area contributed by atoms with E-state index in [2.05, 4.69) is 25.6 Å². The molecular formula is C9H5N7. The molecule has 0 fully saturated rings. The van der Waals surface area contributed by atoms with E-state index in [0.29, 0.717) is 11.3 Å². The molecule has 0 aliphatic rings. The van der Waals surface area contributed by atoms with E-state index in [-0.39, 0.29) is 0 Å². The summed E-state index contributed by atoms with van der Waals surface area (Å²) in [5, 5.41) is 15.7. The molecule has 3 rings (SSSR count). The number of benzene rings is 1. The van der Waals surface area contributed by atoms with E-state index in [1.54, 1.807) is 10.6 Å². The van der Waals surface area contributed by atoms with Gasteiger partial charge in [-0.1, -0.05) is 23.3 Å². The second kappa shape index (κ2) is 3.18. The van der Waals surface area contributed by atoms with Crippen molar-refractivity contribution in [1.82, 2.24) is 20.0 Å². The van der Waals surface area contributed by atoms with Gasteiger partial charge in [-0.15, -0.1) is 5.10 Å². The van der Waals surface area contributed by atoms with Gasteiger partial charge in [-0.25, -0.2) is 0 Å². The van der Waals surface area contributed by atoms with Crippen molar-refractivity contribution in [3.63, 3.8) is 0 Å². The predicted molar refractivity (Wildman–Crippen MR) is 57.1 cm³/mol. The molecule has 3 aromatic rings. The van der Waals surface area contributed by atoms with Gasteiger partial charge in [0.25, 0.3) is 0 Å². The van der Waals surface area contributed by atoms with Crippen molar-refractivity contribution in [3.8, 4) is 0 Å². The highest BCUT2D eigenvalue weighted by molar-refractivity contribution is 5.92. The molecule has 0 saturated heterocycles. The lowest BCUT2D eigenvalue weighted by molar-refractivity contribution is 0.841. The molecule has 0 saturated carbocycles. The second-order valence-corrected chi connectivity index (χ2v) is 3.19. The van der Waals surface area contributed by atoms with Crippen LogP contribution >= 0.6 is 0 Å². The van der Waals surface area contributed by atoms with E-state index < -0.39 is 0 Å². The number of pyridine rings is 1. The van der Waals surface area contributed by atoms with Crippen LogP contribution in [-0.4, -0.2) is 20.0 Å². The van der Waals surface area contributed by atoms with Gasteiger partial charge in [0.2, 0.25) is 0 Å². The van der Waals surface area contributed by atoms with E-state index in [9.17, 15) is 0 Å². The summed E-state index contributed by atoms with van der Waals surface area (Å²) < 4.78 is 1.60. The number of rotatable bonds is 1. The smallest absolute Gasteiger partial charge is 0.180 e. The van der Waals surface area contributed by atoms with Crippen molar-refractivity contribution < 1.29 is 0 Å². The standard InChI is InChI=1S/C9H5N7/c10-13-11-7-5-9-12-14-15-16(9)8-4-2-1-3-6(7)8/h1-5H. The zero-order valence-corrected chi connectivity index (χ0v) is 8.02. The number of hydrogen-bond donors (Lipinski definition) is 0. The Labute approximate surface area is 88.9 Å². The molecule has 0 N–H and O–H groups in total. The summed E-state index contributed by atoms with van der Waals surface area (Å²) in [6, 6.07) is 9.13. The minimum atomic E-state index is 0.528. The van der Waals surface area contributed by atoms with Crippen molar-refractivity contribution in [1.29, 1.82) is 0 Å². The maximum atomic E-state index is 8.50. The molecule has 0 spiro atoms. The Bertz CT molecular complexity index is 723. The van der Waals surface area contributed by atoms with Crippen LogP contribution in [0.3, 0.4) is 0 Å². The molecule has 76 valence electrons. The quantitative estimate of drug-likeness (QED) is 0.351. The third kappa shape index (κ3) is 1.09. The first-order chi connectivity index (χ1) is 7.90. The Hall–Kier alpha value is -2.66. The van der Waals surface area contributed by atoms with E-state index in [1.165, 1.54) is 0 Å². The molecule has 0 atom stereocenters. The first kappa shape index (κ1) is 8.63. The number of nitrogens with zero attached hydrogens (tertiary/aromatic N) is 7. The highest BCUT2D eigenvalue weighted by Crippen LogP contribution is 2.26. The first-order valence-corrected chi connectivity index (χ1v) is 4.55. The van der Waals surface area contributed by atoms with Crippen LogP contribution < -0.4 is 0 Å². The normalized spacial score (nSPS) is 10.5. The zero-order valence-electron chi connectivity index (χ0n) is 8.02. The molecule has 0 amide bonds. The lowest BCUT2D eigenvalue weighted by Crippen LogP contribution is -1.90. The SMILES string of the molecule is [N-]=[N+]=Nc1cc2nnnn2c2ccccc12. The average molecular weight is 211 g/mol. The minimum absolute atomic E-state index is 0.528. The van der Waals surface area contributed by atoms with Crippen LogP contribution in [0.5, 0.6) is 0 Å². The maximum absolute atomic E-state index is 8.50. The van der Waals surface area contributed by atoms with Gasteiger partial charge in [0.1, 0.15) is 0 Å². The van der Waals surface area contributed by atoms with Gasteiger partial charge < -0.3 is 0 Å². The lowest BCUT2D eigenvalue weighted by atomic mass is 10.2. The van der Waals surface area contributed by atoms with Crippen molar-refractivity contribution in [2.24, 2.45) is 5.11 Å². The topological polar surface area (TPSA) is 91.8 Å². The van der Waals surface area contributed by atoms with Crippen LogP contribution in [0.4, 0.5) is 5.69 Å². The summed E-state index contributed by atoms with van der Waals surface area (Å²) in [4.78, 5) is 2.79. The molecule has 0 unspecified atom stereocenters. The van der Waals surface area contributed by atoms with E-state index in [0.717, 1.165) is 10.9 Å². The maximum Gasteiger partial charge on any atom is 0.180 e. The fourth-order valence-corrected chi connectivity index (χ4v) is 1.66. The second-order valence-electron chi connectivity index (χ2n) is 3.19. The third-order valence-corrected chi connectivity index (χ3v) is 2.32. The summed E-state index contributed by atoms with van der Waals surface area (Å²) in [7, 11) is 0. The lowest BCUT2D eigenvalue weighted by Gasteiger charge is -2.01. The van der Waals surface area contributed by atoms with Crippen LogP contribution in [0.2, 0.25) is 0 Å². The molecule has 0 aliphatic heterocycles. The van der Waals surface area contributed by atoms with Crippen LogP contribution in [0.25, 0.3) is 27.0 Å². The van der Waals surface area contributed by atoms with Gasteiger partial charge in [-0.05, 0) is 28.1 Å². The number of tetrazole rings is 1. The fourth-order valence-electron chi connectivity index (χ4n) is 1.66. The molecule has 1 aromatic carbocycles. The Morgan fingerprint density at radius 2 is 2.19 bits per heavy atom. The van der Waals surface area contributed by atoms with Crippen molar-refractivity contribution in [2.75, 3.05) is 0 Å². The zero-order chi connectivity index (χ0) is 11.0. The van der Waals surface area contributed by atoms with Gasteiger partial charge in [-0.3, -0.25) is 0 Å². The Morgan fingerprint density at radius 1 is 1.31 bits per heavy atom. The average Bonchev–Trinajstić information content (AvgIpc) is 2.78. The van der Waals surface area contributed by atoms with E-state index >= 15 is 0 Å². The molecule has 2 aromatic heterocycles. The molecule has 0 bridgehead atoms. The van der Waals surface area contributed by atoms with Gasteiger partial charge >= 0.3 is 0 Å². The molecule has 7 heteroatoms. The molecule has 16 heavy (non-hydrogen) atoms. The van der Waals surface area contributed by atoms with Crippen LogP contribution in [0.1, 0.15) is 0 Å². The predicted octanol–water partition coefficient (Wildman–Crippen LogP) is 2.22. The highest BCUT2D eigenvalue weighted by Gasteiger charge is 2.06. The Kier molecular flexibility index (Phi) is 1.72. The summed E-state index contributed by atoms with van der Waals surface area (Å²) in [6.07, 6.45) is 0. The van der Waals surface area contributed by atoms with E-state index in [4.69, 9.17) is 5.53 Å². The number of hydrogen-bond acceptors (Lipinski definition) is 4. The van der Waals surface area contributed by atoms with E-state index in [1.807, 2.05) is 24.3 Å². The molecule has 0 radical (unpaired) electrons. The molecule has 0 aliphatic carbocycles. The van der Waals surface area contributed by atoms with Crippen LogP contribution in [0.15, 0.2) is 35.4 Å². The largest absolute Gasteiger partial charge is 0.193 e. The molecule has 2 heterocycles. The van der Waals surface area contributed by atoms with Gasteiger partial charge in [0.15, 0.2) is 5.65 Å². The highest BCUT2D eigenvalue weighted by atomic mass is 15.5. The fraction of sp³-hybridized carbons (Fsp3) is 0. The minimum Gasteiger partial charge on any atom is -0.193 e. The Balaban J connectivity index is 2.59. The first-order valence-electron chi connectivity index (χ1n) is 4.55.